The van der Waals surface area contributed by atoms with Gasteiger partial charge in [-0.15, -0.1) is 0 Å². The first-order valence-corrected chi connectivity index (χ1v) is 9.99. The minimum Gasteiger partial charge on any atom is -0.464 e. The van der Waals surface area contributed by atoms with Crippen LogP contribution in [0.1, 0.15) is 23.5 Å². The van der Waals surface area contributed by atoms with E-state index in [1.165, 1.54) is 5.56 Å². The molecule has 0 atom stereocenters. The number of benzene rings is 1. The average molecular weight is 388 g/mol. The topological polar surface area (TPSA) is 40.9 Å². The quantitative estimate of drug-likeness (QED) is 0.729. The number of morpholine rings is 1. The Bertz CT molecular complexity index is 723. The van der Waals surface area contributed by atoms with Crippen LogP contribution in [-0.4, -0.2) is 54.3 Å². The van der Waals surface area contributed by atoms with E-state index in [0.717, 1.165) is 68.1 Å². The van der Waals surface area contributed by atoms with Crippen molar-refractivity contribution in [2.45, 2.75) is 26.8 Å². The lowest BCUT2D eigenvalue weighted by Gasteiger charge is -2.29. The molecular formula is C21H29N3O2S. The van der Waals surface area contributed by atoms with E-state index in [0.29, 0.717) is 6.54 Å². The largest absolute Gasteiger partial charge is 0.464 e. The molecular weight excluding hydrogens is 358 g/mol. The molecule has 1 fully saturated rings. The molecule has 1 N–H and O–H groups in total. The van der Waals surface area contributed by atoms with E-state index in [2.05, 4.69) is 46.3 Å². The van der Waals surface area contributed by atoms with E-state index in [9.17, 15) is 0 Å². The molecule has 1 aliphatic heterocycles. The summed E-state index contributed by atoms with van der Waals surface area (Å²) in [5, 5.41) is 4.10. The van der Waals surface area contributed by atoms with Crippen LogP contribution in [0.5, 0.6) is 0 Å². The van der Waals surface area contributed by atoms with Crippen LogP contribution in [0.4, 0.5) is 5.69 Å². The van der Waals surface area contributed by atoms with Gasteiger partial charge in [0.1, 0.15) is 11.5 Å². The van der Waals surface area contributed by atoms with Crippen molar-refractivity contribution in [1.29, 1.82) is 0 Å². The van der Waals surface area contributed by atoms with Gasteiger partial charge in [-0.05, 0) is 56.8 Å². The summed E-state index contributed by atoms with van der Waals surface area (Å²) >= 11 is 5.71. The van der Waals surface area contributed by atoms with E-state index in [-0.39, 0.29) is 0 Å². The fourth-order valence-electron chi connectivity index (χ4n) is 3.16. The second-order valence-corrected chi connectivity index (χ2v) is 7.42. The maximum Gasteiger partial charge on any atom is 0.173 e. The maximum atomic E-state index is 5.77. The van der Waals surface area contributed by atoms with Crippen molar-refractivity contribution < 1.29 is 9.15 Å². The Morgan fingerprint density at radius 2 is 1.85 bits per heavy atom. The monoisotopic (exact) mass is 387 g/mol. The molecule has 2 heterocycles. The normalized spacial score (nSPS) is 14.9. The van der Waals surface area contributed by atoms with Gasteiger partial charge in [-0.1, -0.05) is 17.7 Å². The van der Waals surface area contributed by atoms with Crippen LogP contribution in [0.3, 0.4) is 0 Å². The number of hydrogen-bond acceptors (Lipinski definition) is 4. The lowest BCUT2D eigenvalue weighted by atomic mass is 10.2. The molecule has 0 radical (unpaired) electrons. The zero-order valence-corrected chi connectivity index (χ0v) is 17.1. The number of hydrogen-bond donors (Lipinski definition) is 1. The zero-order chi connectivity index (χ0) is 19.1. The van der Waals surface area contributed by atoms with Gasteiger partial charge in [-0.2, -0.15) is 0 Å². The average Bonchev–Trinajstić information content (AvgIpc) is 3.08. The van der Waals surface area contributed by atoms with Gasteiger partial charge < -0.3 is 19.4 Å². The molecule has 0 aliphatic carbocycles. The van der Waals surface area contributed by atoms with Gasteiger partial charge in [0.25, 0.3) is 0 Å². The Kier molecular flexibility index (Phi) is 7.26. The van der Waals surface area contributed by atoms with Crippen molar-refractivity contribution in [2.75, 3.05) is 44.7 Å². The molecule has 6 heteroatoms. The van der Waals surface area contributed by atoms with Crippen LogP contribution in [0, 0.1) is 13.8 Å². The van der Waals surface area contributed by atoms with Crippen molar-refractivity contribution in [3.05, 3.63) is 53.5 Å². The van der Waals surface area contributed by atoms with Gasteiger partial charge in [-0.25, -0.2) is 0 Å². The predicted molar refractivity (Wildman–Crippen MR) is 113 cm³/mol. The van der Waals surface area contributed by atoms with Gasteiger partial charge in [0, 0.05) is 31.9 Å². The Morgan fingerprint density at radius 3 is 2.52 bits per heavy atom. The van der Waals surface area contributed by atoms with Crippen LogP contribution in [0.25, 0.3) is 0 Å². The van der Waals surface area contributed by atoms with Crippen molar-refractivity contribution >= 4 is 23.0 Å². The lowest BCUT2D eigenvalue weighted by molar-refractivity contribution is 0.0367. The van der Waals surface area contributed by atoms with E-state index >= 15 is 0 Å². The number of aryl methyl sites for hydroxylation is 2. The van der Waals surface area contributed by atoms with E-state index < -0.39 is 0 Å². The fraction of sp³-hybridized carbons (Fsp3) is 0.476. The second kappa shape index (κ2) is 9.88. The van der Waals surface area contributed by atoms with Gasteiger partial charge in [0.15, 0.2) is 5.11 Å². The first kappa shape index (κ1) is 19.9. The van der Waals surface area contributed by atoms with Crippen LogP contribution in [0.2, 0.25) is 0 Å². The molecule has 0 amide bonds. The maximum absolute atomic E-state index is 5.77. The predicted octanol–water partition coefficient (Wildman–Crippen LogP) is 3.82. The number of furan rings is 1. The molecule has 0 saturated carbocycles. The third-order valence-electron chi connectivity index (χ3n) is 4.74. The first-order valence-electron chi connectivity index (χ1n) is 9.58. The number of nitrogens with one attached hydrogen (secondary N) is 1. The van der Waals surface area contributed by atoms with Gasteiger partial charge in [-0.3, -0.25) is 4.90 Å². The van der Waals surface area contributed by atoms with Crippen LogP contribution < -0.4 is 5.32 Å². The molecule has 3 rings (SSSR count). The summed E-state index contributed by atoms with van der Waals surface area (Å²) in [4.78, 5) is 4.64. The molecule has 146 valence electrons. The van der Waals surface area contributed by atoms with Crippen molar-refractivity contribution in [1.82, 2.24) is 9.80 Å². The number of thiocarbonyl (C=S) groups is 1. The highest BCUT2D eigenvalue weighted by Crippen LogP contribution is 2.14. The first-order chi connectivity index (χ1) is 13.1. The van der Waals surface area contributed by atoms with Crippen molar-refractivity contribution in [3.8, 4) is 0 Å². The third-order valence-corrected chi connectivity index (χ3v) is 5.10. The van der Waals surface area contributed by atoms with Gasteiger partial charge in [0.05, 0.1) is 19.8 Å². The molecule has 2 aromatic rings. The zero-order valence-electron chi connectivity index (χ0n) is 16.2. The number of nitrogens with zero attached hydrogens (tertiary/aromatic N) is 2. The highest BCUT2D eigenvalue weighted by Gasteiger charge is 2.15. The molecule has 27 heavy (non-hydrogen) atoms. The third kappa shape index (κ3) is 6.34. The summed E-state index contributed by atoms with van der Waals surface area (Å²) < 4.78 is 11.2. The Morgan fingerprint density at radius 1 is 1.11 bits per heavy atom. The SMILES string of the molecule is Cc1ccc(NC(=S)N(CCCN2CCOCC2)Cc2ccc(C)o2)cc1. The summed E-state index contributed by atoms with van der Waals surface area (Å²) in [5.41, 5.74) is 2.25. The summed E-state index contributed by atoms with van der Waals surface area (Å²) in [5.74, 6) is 1.86. The number of ether oxygens (including phenoxy) is 1. The Hall–Kier alpha value is -1.89. The minimum absolute atomic E-state index is 0.675. The van der Waals surface area contributed by atoms with Gasteiger partial charge >= 0.3 is 0 Å². The Labute approximate surface area is 167 Å². The minimum atomic E-state index is 0.675. The van der Waals surface area contributed by atoms with Crippen LogP contribution in [0.15, 0.2) is 40.8 Å². The van der Waals surface area contributed by atoms with Crippen LogP contribution in [-0.2, 0) is 11.3 Å². The lowest BCUT2D eigenvalue weighted by Crippen LogP contribution is -2.39. The van der Waals surface area contributed by atoms with Gasteiger partial charge in [0.2, 0.25) is 0 Å². The molecule has 0 unspecified atom stereocenters. The second-order valence-electron chi connectivity index (χ2n) is 7.04. The standard InChI is InChI=1S/C21H29N3O2S/c1-17-4-7-19(8-5-17)22-21(27)24(16-20-9-6-18(2)26-20)11-3-10-23-12-14-25-15-13-23/h4-9H,3,10-16H2,1-2H3,(H,22,27). The van der Waals surface area contributed by atoms with Crippen LogP contribution >= 0.6 is 12.2 Å². The molecule has 1 aromatic carbocycles. The number of anilines is 1. The highest BCUT2D eigenvalue weighted by atomic mass is 32.1. The molecule has 0 spiro atoms. The van der Waals surface area contributed by atoms with E-state index in [1.54, 1.807) is 0 Å². The summed E-state index contributed by atoms with van der Waals surface area (Å²) in [6, 6.07) is 12.3. The smallest absolute Gasteiger partial charge is 0.173 e. The molecule has 0 bridgehead atoms. The molecule has 1 saturated heterocycles. The summed E-state index contributed by atoms with van der Waals surface area (Å²) in [6.07, 6.45) is 1.05. The Balaban J connectivity index is 1.58. The van der Waals surface area contributed by atoms with Crippen molar-refractivity contribution in [2.24, 2.45) is 0 Å². The van der Waals surface area contributed by atoms with Crippen molar-refractivity contribution in [3.63, 3.8) is 0 Å². The summed E-state index contributed by atoms with van der Waals surface area (Å²) in [7, 11) is 0. The molecule has 1 aromatic heterocycles. The fourth-order valence-corrected chi connectivity index (χ4v) is 3.43. The molecule has 1 aliphatic rings. The summed E-state index contributed by atoms with van der Waals surface area (Å²) in [6.45, 7) is 10.4. The number of rotatable bonds is 7. The molecule has 5 nitrogen and oxygen atoms in total. The van der Waals surface area contributed by atoms with E-state index in [4.69, 9.17) is 21.4 Å². The highest BCUT2D eigenvalue weighted by molar-refractivity contribution is 7.80. The van der Waals surface area contributed by atoms with E-state index in [1.807, 2.05) is 19.1 Å².